The van der Waals surface area contributed by atoms with Crippen molar-refractivity contribution in [1.29, 1.82) is 0 Å². The number of ether oxygens (including phenoxy) is 1. The van der Waals surface area contributed by atoms with Crippen molar-refractivity contribution in [2.45, 2.75) is 25.8 Å². The summed E-state index contributed by atoms with van der Waals surface area (Å²) in [4.78, 5) is 12.8. The van der Waals surface area contributed by atoms with Gasteiger partial charge >= 0.3 is 0 Å². The highest BCUT2D eigenvalue weighted by Gasteiger charge is 2.26. The summed E-state index contributed by atoms with van der Waals surface area (Å²) in [6, 6.07) is 0.322. The maximum atomic E-state index is 11.0. The van der Waals surface area contributed by atoms with Crippen LogP contribution < -0.4 is 0 Å². The van der Waals surface area contributed by atoms with Crippen LogP contribution in [0.4, 0.5) is 0 Å². The summed E-state index contributed by atoms with van der Waals surface area (Å²) >= 11 is 0. The van der Waals surface area contributed by atoms with Crippen molar-refractivity contribution >= 4 is 13.9 Å². The average molecular weight is 155 g/mol. The van der Waals surface area contributed by atoms with E-state index in [1.807, 2.05) is 14.9 Å². The van der Waals surface area contributed by atoms with E-state index >= 15 is 0 Å². The fourth-order valence-electron chi connectivity index (χ4n) is 1.31. The predicted octanol–water partition coefficient (Wildman–Crippen LogP) is -0.438. The molecule has 1 atom stereocenters. The molecule has 0 unspecified atom stereocenters. The molecule has 1 heterocycles. The second-order valence-corrected chi connectivity index (χ2v) is 2.86. The Labute approximate surface area is 68.1 Å². The number of hydrogen-bond acceptors (Lipinski definition) is 2. The molecule has 1 amide bonds. The van der Waals surface area contributed by atoms with Gasteiger partial charge in [-0.3, -0.25) is 4.79 Å². The van der Waals surface area contributed by atoms with E-state index < -0.39 is 0 Å². The molecule has 0 saturated carbocycles. The van der Waals surface area contributed by atoms with Crippen LogP contribution in [0.15, 0.2) is 0 Å². The van der Waals surface area contributed by atoms with Crippen molar-refractivity contribution in [1.82, 2.24) is 4.81 Å². The quantitative estimate of drug-likeness (QED) is 0.517. The van der Waals surface area contributed by atoms with Crippen LogP contribution in [0.3, 0.4) is 0 Å². The highest BCUT2D eigenvalue weighted by molar-refractivity contribution is 6.15. The first-order chi connectivity index (χ1) is 5.25. The van der Waals surface area contributed by atoms with E-state index in [1.54, 1.807) is 4.81 Å². The summed E-state index contributed by atoms with van der Waals surface area (Å²) < 4.78 is 5.24. The number of rotatable bonds is 3. The molecule has 11 heavy (non-hydrogen) atoms. The molecular formula is C7H14BNO2. The second-order valence-electron chi connectivity index (χ2n) is 2.86. The normalized spacial score (nSPS) is 24.6. The van der Waals surface area contributed by atoms with Gasteiger partial charge in [-0.2, -0.15) is 0 Å². The Kier molecular flexibility index (Phi) is 2.94. The van der Waals surface area contributed by atoms with E-state index in [-0.39, 0.29) is 5.91 Å². The molecule has 0 aromatic heterocycles. The fourth-order valence-corrected chi connectivity index (χ4v) is 1.31. The molecule has 1 fully saturated rings. The number of nitrogens with zero attached hydrogens (tertiary/aromatic N) is 1. The Balaban J connectivity index is 2.30. The summed E-state index contributed by atoms with van der Waals surface area (Å²) in [6.07, 6.45) is 1.64. The topological polar surface area (TPSA) is 29.5 Å². The molecule has 0 N–H and O–H groups in total. The largest absolute Gasteiger partial charge is 0.389 e. The van der Waals surface area contributed by atoms with Gasteiger partial charge in [-0.15, -0.1) is 0 Å². The zero-order chi connectivity index (χ0) is 8.27. The van der Waals surface area contributed by atoms with Crippen LogP contribution in [0.1, 0.15) is 19.8 Å². The minimum Gasteiger partial charge on any atom is -0.389 e. The standard InChI is InChI=1S/C7H14BNO2/c1-2-11-5-6-3-4-7(10)9(6)8/h6H,2-5,8H2,1H3/t6-/m1/s1. The molecular weight excluding hydrogens is 141 g/mol. The Morgan fingerprint density at radius 2 is 2.55 bits per heavy atom. The maximum Gasteiger partial charge on any atom is 0.221 e. The molecule has 4 heteroatoms. The molecule has 1 aliphatic heterocycles. The first-order valence-electron chi connectivity index (χ1n) is 4.09. The average Bonchev–Trinajstić information content (AvgIpc) is 2.31. The second kappa shape index (κ2) is 3.76. The van der Waals surface area contributed by atoms with Gasteiger partial charge in [-0.25, -0.2) is 0 Å². The van der Waals surface area contributed by atoms with E-state index in [4.69, 9.17) is 4.74 Å². The zero-order valence-electron chi connectivity index (χ0n) is 7.17. The van der Waals surface area contributed by atoms with Crippen molar-refractivity contribution in [3.05, 3.63) is 0 Å². The number of carbonyl (C=O) groups excluding carboxylic acids is 1. The van der Waals surface area contributed by atoms with Gasteiger partial charge in [0.2, 0.25) is 13.9 Å². The Morgan fingerprint density at radius 3 is 3.00 bits per heavy atom. The van der Waals surface area contributed by atoms with Crippen molar-refractivity contribution < 1.29 is 9.53 Å². The van der Waals surface area contributed by atoms with Crippen LogP contribution in [-0.4, -0.2) is 38.0 Å². The van der Waals surface area contributed by atoms with Crippen LogP contribution in [0.2, 0.25) is 0 Å². The Morgan fingerprint density at radius 1 is 1.82 bits per heavy atom. The third-order valence-corrected chi connectivity index (χ3v) is 2.15. The van der Waals surface area contributed by atoms with E-state index in [0.29, 0.717) is 19.1 Å². The van der Waals surface area contributed by atoms with Gasteiger partial charge in [0.05, 0.1) is 6.61 Å². The molecule has 0 aromatic rings. The summed E-state index contributed by atoms with van der Waals surface area (Å²) in [7, 11) is 1.85. The minimum absolute atomic E-state index is 0.245. The number of hydrogen-bond donors (Lipinski definition) is 0. The van der Waals surface area contributed by atoms with E-state index in [2.05, 4.69) is 0 Å². The van der Waals surface area contributed by atoms with E-state index in [9.17, 15) is 4.79 Å². The Bertz CT molecular complexity index is 151. The monoisotopic (exact) mass is 155 g/mol. The molecule has 0 aliphatic carbocycles. The molecule has 3 nitrogen and oxygen atoms in total. The van der Waals surface area contributed by atoms with E-state index in [1.165, 1.54) is 0 Å². The van der Waals surface area contributed by atoms with Crippen LogP contribution in [0.25, 0.3) is 0 Å². The lowest BCUT2D eigenvalue weighted by atomic mass is 10.2. The minimum atomic E-state index is 0.245. The lowest BCUT2D eigenvalue weighted by Crippen LogP contribution is -2.33. The third-order valence-electron chi connectivity index (χ3n) is 2.15. The third kappa shape index (κ3) is 1.96. The fraction of sp³-hybridized carbons (Fsp3) is 0.857. The predicted molar refractivity (Wildman–Crippen MR) is 44.9 cm³/mol. The van der Waals surface area contributed by atoms with Gasteiger partial charge in [-0.05, 0) is 13.3 Å². The summed E-state index contributed by atoms with van der Waals surface area (Å²) in [5.74, 6) is 0.245. The maximum absolute atomic E-state index is 11.0. The first kappa shape index (κ1) is 8.59. The molecule has 0 radical (unpaired) electrons. The molecule has 0 bridgehead atoms. The lowest BCUT2D eigenvalue weighted by Gasteiger charge is -2.19. The highest BCUT2D eigenvalue weighted by Crippen LogP contribution is 2.15. The summed E-state index contributed by atoms with van der Waals surface area (Å²) in [6.45, 7) is 3.40. The Hall–Kier alpha value is -0.505. The lowest BCUT2D eigenvalue weighted by molar-refractivity contribution is -0.124. The smallest absolute Gasteiger partial charge is 0.221 e. The van der Waals surface area contributed by atoms with Gasteiger partial charge in [0.25, 0.3) is 0 Å². The van der Waals surface area contributed by atoms with Crippen LogP contribution >= 0.6 is 0 Å². The van der Waals surface area contributed by atoms with Crippen molar-refractivity contribution in [3.8, 4) is 0 Å². The molecule has 1 saturated heterocycles. The van der Waals surface area contributed by atoms with Crippen LogP contribution in [-0.2, 0) is 9.53 Å². The van der Waals surface area contributed by atoms with Gasteiger partial charge in [0.15, 0.2) is 0 Å². The van der Waals surface area contributed by atoms with Gasteiger partial charge in [0, 0.05) is 19.1 Å². The molecule has 0 spiro atoms. The van der Waals surface area contributed by atoms with Crippen molar-refractivity contribution in [2.75, 3.05) is 13.2 Å². The first-order valence-corrected chi connectivity index (χ1v) is 4.09. The molecule has 62 valence electrons. The number of amides is 1. The van der Waals surface area contributed by atoms with Gasteiger partial charge in [0.1, 0.15) is 0 Å². The van der Waals surface area contributed by atoms with Crippen LogP contribution in [0.5, 0.6) is 0 Å². The molecule has 1 rings (SSSR count). The summed E-state index contributed by atoms with van der Waals surface area (Å²) in [5, 5.41) is 0. The zero-order valence-corrected chi connectivity index (χ0v) is 7.17. The summed E-state index contributed by atoms with van der Waals surface area (Å²) in [5.41, 5.74) is 0. The highest BCUT2D eigenvalue weighted by atomic mass is 16.5. The van der Waals surface area contributed by atoms with Crippen LogP contribution in [0, 0.1) is 0 Å². The van der Waals surface area contributed by atoms with Gasteiger partial charge in [-0.1, -0.05) is 0 Å². The SMILES string of the molecule is BN1C(=O)CC[C@@H]1COCC. The molecule has 1 aliphatic rings. The van der Waals surface area contributed by atoms with E-state index in [0.717, 1.165) is 13.0 Å². The molecule has 0 aromatic carbocycles. The van der Waals surface area contributed by atoms with Crippen molar-refractivity contribution in [2.24, 2.45) is 0 Å². The number of carbonyl (C=O) groups is 1. The van der Waals surface area contributed by atoms with Crippen molar-refractivity contribution in [3.63, 3.8) is 0 Å². The van der Waals surface area contributed by atoms with Gasteiger partial charge < -0.3 is 9.55 Å².